The molecular weight excluding hydrogens is 268 g/mol. The first-order chi connectivity index (χ1) is 9.02. The number of aromatic nitrogens is 3. The summed E-state index contributed by atoms with van der Waals surface area (Å²) in [7, 11) is 2.91. The number of esters is 1. The molecule has 0 bridgehead atoms. The summed E-state index contributed by atoms with van der Waals surface area (Å²) in [5.41, 5.74) is 6.36. The van der Waals surface area contributed by atoms with Crippen LogP contribution in [0.4, 0.5) is 5.69 Å². The SMILES string of the molecule is COC(=O)c1ccc(Sc2n[nH]c(=O)n2C)c(N)c1. The van der Waals surface area contributed by atoms with Crippen LogP contribution in [0.15, 0.2) is 33.0 Å². The molecule has 0 spiro atoms. The van der Waals surface area contributed by atoms with Crippen LogP contribution < -0.4 is 11.4 Å². The van der Waals surface area contributed by atoms with E-state index in [4.69, 9.17) is 5.73 Å². The average molecular weight is 280 g/mol. The van der Waals surface area contributed by atoms with Crippen molar-refractivity contribution >= 4 is 23.4 Å². The van der Waals surface area contributed by atoms with E-state index in [1.54, 1.807) is 19.2 Å². The Morgan fingerprint density at radius 1 is 1.53 bits per heavy atom. The predicted molar refractivity (Wildman–Crippen MR) is 70.1 cm³/mol. The van der Waals surface area contributed by atoms with Crippen molar-refractivity contribution in [1.29, 1.82) is 0 Å². The van der Waals surface area contributed by atoms with Gasteiger partial charge in [0, 0.05) is 17.6 Å². The molecule has 0 aliphatic rings. The molecule has 2 aromatic rings. The Bertz CT molecular complexity index is 677. The number of H-pyrrole nitrogens is 1. The summed E-state index contributed by atoms with van der Waals surface area (Å²) in [5, 5.41) is 6.69. The van der Waals surface area contributed by atoms with E-state index in [0.717, 1.165) is 0 Å². The van der Waals surface area contributed by atoms with Crippen LogP contribution in [0.3, 0.4) is 0 Å². The van der Waals surface area contributed by atoms with Crippen molar-refractivity contribution in [2.75, 3.05) is 12.8 Å². The Balaban J connectivity index is 2.29. The number of aromatic amines is 1. The van der Waals surface area contributed by atoms with Crippen molar-refractivity contribution in [3.05, 3.63) is 34.2 Å². The minimum absolute atomic E-state index is 0.299. The van der Waals surface area contributed by atoms with E-state index in [0.29, 0.717) is 21.3 Å². The molecule has 2 rings (SSSR count). The number of nitrogen functional groups attached to an aromatic ring is 1. The van der Waals surface area contributed by atoms with E-state index in [1.165, 1.54) is 29.5 Å². The summed E-state index contributed by atoms with van der Waals surface area (Å²) < 4.78 is 5.98. The number of nitrogens with one attached hydrogen (secondary N) is 1. The van der Waals surface area contributed by atoms with Gasteiger partial charge in [-0.15, -0.1) is 5.10 Å². The third kappa shape index (κ3) is 2.63. The monoisotopic (exact) mass is 280 g/mol. The molecule has 1 heterocycles. The topological polar surface area (TPSA) is 103 Å². The number of methoxy groups -OCH3 is 1. The third-order valence-corrected chi connectivity index (χ3v) is 3.61. The molecule has 3 N–H and O–H groups in total. The second-order valence-electron chi connectivity index (χ2n) is 3.72. The number of anilines is 1. The van der Waals surface area contributed by atoms with E-state index in [9.17, 15) is 9.59 Å². The highest BCUT2D eigenvalue weighted by Crippen LogP contribution is 2.30. The Kier molecular flexibility index (Phi) is 3.61. The molecular formula is C11H12N4O3S. The third-order valence-electron chi connectivity index (χ3n) is 2.47. The zero-order valence-corrected chi connectivity index (χ0v) is 11.2. The molecule has 0 saturated carbocycles. The van der Waals surface area contributed by atoms with Gasteiger partial charge in [-0.3, -0.25) is 4.57 Å². The van der Waals surface area contributed by atoms with Gasteiger partial charge in [0.05, 0.1) is 12.7 Å². The molecule has 0 atom stereocenters. The number of nitrogens with zero attached hydrogens (tertiary/aromatic N) is 2. The second-order valence-corrected chi connectivity index (χ2v) is 4.73. The minimum atomic E-state index is -0.449. The normalized spacial score (nSPS) is 10.4. The molecule has 0 radical (unpaired) electrons. The van der Waals surface area contributed by atoms with E-state index in [1.807, 2.05) is 0 Å². The van der Waals surface area contributed by atoms with Gasteiger partial charge in [-0.25, -0.2) is 14.7 Å². The van der Waals surface area contributed by atoms with Gasteiger partial charge >= 0.3 is 11.7 Å². The zero-order valence-electron chi connectivity index (χ0n) is 10.3. The highest BCUT2D eigenvalue weighted by atomic mass is 32.2. The molecule has 0 fully saturated rings. The van der Waals surface area contributed by atoms with Crippen LogP contribution in [0.5, 0.6) is 0 Å². The summed E-state index contributed by atoms with van der Waals surface area (Å²) in [6.07, 6.45) is 0. The van der Waals surface area contributed by atoms with Gasteiger partial charge in [-0.05, 0) is 30.0 Å². The number of nitrogens with two attached hydrogens (primary N) is 1. The molecule has 0 saturated heterocycles. The van der Waals surface area contributed by atoms with Crippen molar-refractivity contribution in [2.45, 2.75) is 10.1 Å². The number of rotatable bonds is 3. The van der Waals surface area contributed by atoms with Crippen LogP contribution in [0, 0.1) is 0 Å². The van der Waals surface area contributed by atoms with E-state index in [2.05, 4.69) is 14.9 Å². The maximum Gasteiger partial charge on any atom is 0.343 e. The van der Waals surface area contributed by atoms with Crippen LogP contribution in [0.2, 0.25) is 0 Å². The number of ether oxygens (including phenoxy) is 1. The van der Waals surface area contributed by atoms with E-state index in [-0.39, 0.29) is 5.69 Å². The van der Waals surface area contributed by atoms with Crippen molar-refractivity contribution in [1.82, 2.24) is 14.8 Å². The highest BCUT2D eigenvalue weighted by molar-refractivity contribution is 7.99. The lowest BCUT2D eigenvalue weighted by Gasteiger charge is -2.06. The lowest BCUT2D eigenvalue weighted by Crippen LogP contribution is -2.12. The fraction of sp³-hybridized carbons (Fsp3) is 0.182. The number of carbonyl (C=O) groups excluding carboxylic acids is 1. The molecule has 0 amide bonds. The van der Waals surface area contributed by atoms with Crippen LogP contribution in [-0.2, 0) is 11.8 Å². The van der Waals surface area contributed by atoms with Crippen LogP contribution >= 0.6 is 11.8 Å². The van der Waals surface area contributed by atoms with Crippen molar-refractivity contribution in [3.63, 3.8) is 0 Å². The standard InChI is InChI=1S/C11H12N4O3S/c1-15-10(17)13-14-11(15)19-8-4-3-6(5-7(8)12)9(16)18-2/h3-5H,12H2,1-2H3,(H,13,17). The first-order valence-corrected chi connectivity index (χ1v) is 6.11. The molecule has 100 valence electrons. The van der Waals surface area contributed by atoms with Gasteiger partial charge in [0.1, 0.15) is 0 Å². The summed E-state index contributed by atoms with van der Waals surface area (Å²) >= 11 is 1.23. The Morgan fingerprint density at radius 3 is 2.79 bits per heavy atom. The molecule has 1 aromatic heterocycles. The van der Waals surface area contributed by atoms with Gasteiger partial charge in [0.15, 0.2) is 5.16 Å². The van der Waals surface area contributed by atoms with Crippen molar-refractivity contribution in [3.8, 4) is 0 Å². The first kappa shape index (κ1) is 13.2. The first-order valence-electron chi connectivity index (χ1n) is 5.30. The van der Waals surface area contributed by atoms with Crippen molar-refractivity contribution in [2.24, 2.45) is 7.05 Å². The molecule has 1 aromatic carbocycles. The van der Waals surface area contributed by atoms with Gasteiger partial charge in [0.25, 0.3) is 0 Å². The largest absolute Gasteiger partial charge is 0.465 e. The predicted octanol–water partition coefficient (Wildman–Crippen LogP) is 0.628. The number of hydrogen-bond acceptors (Lipinski definition) is 6. The summed E-state index contributed by atoms with van der Waals surface area (Å²) in [6, 6.07) is 4.82. The lowest BCUT2D eigenvalue weighted by molar-refractivity contribution is 0.0600. The maximum atomic E-state index is 11.3. The lowest BCUT2D eigenvalue weighted by atomic mass is 10.2. The quantitative estimate of drug-likeness (QED) is 0.631. The zero-order chi connectivity index (χ0) is 14.0. The second kappa shape index (κ2) is 5.19. The smallest absolute Gasteiger partial charge is 0.343 e. The summed E-state index contributed by atoms with van der Waals surface area (Å²) in [5.74, 6) is -0.449. The summed E-state index contributed by atoms with van der Waals surface area (Å²) in [6.45, 7) is 0. The highest BCUT2D eigenvalue weighted by Gasteiger charge is 2.11. The maximum absolute atomic E-state index is 11.3. The Morgan fingerprint density at radius 2 is 2.26 bits per heavy atom. The Hall–Kier alpha value is -2.22. The summed E-state index contributed by atoms with van der Waals surface area (Å²) in [4.78, 5) is 23.3. The average Bonchev–Trinajstić information content (AvgIpc) is 2.72. The number of benzene rings is 1. The van der Waals surface area contributed by atoms with Gasteiger partial charge in [0.2, 0.25) is 0 Å². The van der Waals surface area contributed by atoms with Crippen molar-refractivity contribution < 1.29 is 9.53 Å². The Labute approximate surface area is 112 Å². The van der Waals surface area contributed by atoms with Gasteiger partial charge in [-0.1, -0.05) is 0 Å². The molecule has 7 nitrogen and oxygen atoms in total. The molecule has 0 unspecified atom stereocenters. The van der Waals surface area contributed by atoms with Crippen LogP contribution in [-0.4, -0.2) is 27.8 Å². The van der Waals surface area contributed by atoms with Gasteiger partial charge in [-0.2, -0.15) is 0 Å². The fourth-order valence-electron chi connectivity index (χ4n) is 1.41. The van der Waals surface area contributed by atoms with Crippen LogP contribution in [0.1, 0.15) is 10.4 Å². The number of hydrogen-bond donors (Lipinski definition) is 2. The molecule has 0 aliphatic carbocycles. The van der Waals surface area contributed by atoms with Crippen LogP contribution in [0.25, 0.3) is 0 Å². The molecule has 0 aliphatic heterocycles. The van der Waals surface area contributed by atoms with E-state index >= 15 is 0 Å². The molecule has 8 heteroatoms. The fourth-order valence-corrected chi connectivity index (χ4v) is 2.23. The van der Waals surface area contributed by atoms with Gasteiger partial charge < -0.3 is 10.5 Å². The van der Waals surface area contributed by atoms with E-state index < -0.39 is 5.97 Å². The molecule has 19 heavy (non-hydrogen) atoms. The number of carbonyl (C=O) groups is 1. The minimum Gasteiger partial charge on any atom is -0.465 e.